The van der Waals surface area contributed by atoms with Crippen molar-refractivity contribution in [3.63, 3.8) is 0 Å². The molecule has 3 aromatic rings. The van der Waals surface area contributed by atoms with E-state index in [-0.39, 0.29) is 23.8 Å². The molecule has 3 aliphatic rings. The van der Waals surface area contributed by atoms with Crippen LogP contribution in [0, 0.1) is 18.8 Å². The Hall–Kier alpha value is -4.19. The maximum atomic E-state index is 13.8. The number of rotatable bonds is 3. The lowest BCUT2D eigenvalue weighted by Crippen LogP contribution is -2.50. The quantitative estimate of drug-likeness (QED) is 0.613. The van der Waals surface area contributed by atoms with Crippen LogP contribution >= 0.6 is 0 Å². The molecule has 6 heteroatoms. The van der Waals surface area contributed by atoms with Gasteiger partial charge in [-0.25, -0.2) is 4.90 Å². The molecule has 0 radical (unpaired) electrons. The predicted octanol–water partition coefficient (Wildman–Crippen LogP) is 4.02. The highest BCUT2D eigenvalue weighted by Crippen LogP contribution is 2.49. The third kappa shape index (κ3) is 2.99. The number of nitrogens with zero attached hydrogens (tertiary/aromatic N) is 2. The SMILES string of the molecule is Cc1ccc(N2C(=O)[C@@H]3[C@H](C2=O)[C@@H](C(=O)Nc2ccccc2)N2c4ccccc4C=C[C@H]32)cc1. The van der Waals surface area contributed by atoms with E-state index in [2.05, 4.69) is 5.32 Å². The van der Waals surface area contributed by atoms with E-state index in [1.165, 1.54) is 4.90 Å². The third-order valence-electron chi connectivity index (χ3n) is 7.02. The molecule has 2 saturated heterocycles. The predicted molar refractivity (Wildman–Crippen MR) is 131 cm³/mol. The number of fused-ring (bicyclic) bond motifs is 5. The van der Waals surface area contributed by atoms with E-state index in [0.717, 1.165) is 16.8 Å². The van der Waals surface area contributed by atoms with Gasteiger partial charge in [-0.3, -0.25) is 14.4 Å². The Kier molecular flexibility index (Phi) is 4.62. The van der Waals surface area contributed by atoms with Gasteiger partial charge in [-0.15, -0.1) is 0 Å². The summed E-state index contributed by atoms with van der Waals surface area (Å²) in [4.78, 5) is 44.4. The molecule has 3 amide bonds. The topological polar surface area (TPSA) is 69.7 Å². The van der Waals surface area contributed by atoms with Gasteiger partial charge in [0.25, 0.3) is 0 Å². The van der Waals surface area contributed by atoms with Gasteiger partial charge in [0, 0.05) is 11.4 Å². The maximum absolute atomic E-state index is 13.8. The Balaban J connectivity index is 1.44. The van der Waals surface area contributed by atoms with Crippen molar-refractivity contribution in [1.29, 1.82) is 0 Å². The van der Waals surface area contributed by atoms with Gasteiger partial charge in [0.1, 0.15) is 6.04 Å². The van der Waals surface area contributed by atoms with Gasteiger partial charge in [0.05, 0.1) is 23.6 Å². The van der Waals surface area contributed by atoms with E-state index in [1.807, 2.05) is 90.7 Å². The molecule has 34 heavy (non-hydrogen) atoms. The van der Waals surface area contributed by atoms with Crippen LogP contribution in [0.5, 0.6) is 0 Å². The molecule has 2 fully saturated rings. The summed E-state index contributed by atoms with van der Waals surface area (Å²) in [6, 6.07) is 23.1. The van der Waals surface area contributed by atoms with Crippen LogP contribution in [0.25, 0.3) is 6.08 Å². The van der Waals surface area contributed by atoms with Crippen LogP contribution in [0.2, 0.25) is 0 Å². The Morgan fingerprint density at radius 1 is 0.824 bits per heavy atom. The first kappa shape index (κ1) is 20.4. The maximum Gasteiger partial charge on any atom is 0.247 e. The smallest absolute Gasteiger partial charge is 0.247 e. The number of hydrogen-bond acceptors (Lipinski definition) is 4. The van der Waals surface area contributed by atoms with Crippen molar-refractivity contribution in [3.05, 3.63) is 96.1 Å². The molecule has 3 aliphatic heterocycles. The van der Waals surface area contributed by atoms with Crippen molar-refractivity contribution in [2.75, 3.05) is 15.1 Å². The molecule has 1 N–H and O–H groups in total. The number of carbonyl (C=O) groups excluding carboxylic acids is 3. The van der Waals surface area contributed by atoms with Crippen molar-refractivity contribution in [3.8, 4) is 0 Å². The highest BCUT2D eigenvalue weighted by molar-refractivity contribution is 6.25. The number of anilines is 3. The van der Waals surface area contributed by atoms with Crippen molar-refractivity contribution < 1.29 is 14.4 Å². The first-order chi connectivity index (χ1) is 16.5. The van der Waals surface area contributed by atoms with Crippen molar-refractivity contribution >= 4 is 40.9 Å². The van der Waals surface area contributed by atoms with Crippen molar-refractivity contribution in [2.45, 2.75) is 19.0 Å². The second kappa shape index (κ2) is 7.70. The fraction of sp³-hybridized carbons (Fsp3) is 0.179. The van der Waals surface area contributed by atoms with E-state index in [0.29, 0.717) is 11.4 Å². The summed E-state index contributed by atoms with van der Waals surface area (Å²) in [6.07, 6.45) is 3.94. The average Bonchev–Trinajstić information content (AvgIpc) is 3.33. The molecule has 3 heterocycles. The zero-order valence-corrected chi connectivity index (χ0v) is 18.6. The zero-order chi connectivity index (χ0) is 23.4. The summed E-state index contributed by atoms with van der Waals surface area (Å²) in [5.41, 5.74) is 4.07. The van der Waals surface area contributed by atoms with E-state index in [9.17, 15) is 14.4 Å². The van der Waals surface area contributed by atoms with E-state index >= 15 is 0 Å². The summed E-state index contributed by atoms with van der Waals surface area (Å²) < 4.78 is 0. The van der Waals surface area contributed by atoms with Crippen LogP contribution in [-0.2, 0) is 14.4 Å². The number of imide groups is 1. The molecule has 6 nitrogen and oxygen atoms in total. The molecule has 4 atom stereocenters. The average molecular weight is 450 g/mol. The number of carbonyl (C=O) groups is 3. The number of amides is 3. The summed E-state index contributed by atoms with van der Waals surface area (Å²) >= 11 is 0. The Morgan fingerprint density at radius 3 is 2.26 bits per heavy atom. The number of aryl methyl sites for hydroxylation is 1. The van der Waals surface area contributed by atoms with E-state index in [4.69, 9.17) is 0 Å². The second-order valence-electron chi connectivity index (χ2n) is 9.01. The molecule has 0 spiro atoms. The van der Waals surface area contributed by atoms with Crippen molar-refractivity contribution in [1.82, 2.24) is 0 Å². The molecular formula is C28H23N3O3. The van der Waals surface area contributed by atoms with Crippen LogP contribution in [0.3, 0.4) is 0 Å². The van der Waals surface area contributed by atoms with Crippen LogP contribution in [0.4, 0.5) is 17.1 Å². The number of hydrogen-bond donors (Lipinski definition) is 1. The van der Waals surface area contributed by atoms with Gasteiger partial charge in [0.15, 0.2) is 0 Å². The minimum atomic E-state index is -0.812. The molecule has 0 saturated carbocycles. The Labute approximate surface area is 197 Å². The van der Waals surface area contributed by atoms with Gasteiger partial charge in [0.2, 0.25) is 17.7 Å². The number of nitrogens with one attached hydrogen (secondary N) is 1. The van der Waals surface area contributed by atoms with Gasteiger partial charge >= 0.3 is 0 Å². The largest absolute Gasteiger partial charge is 0.351 e. The van der Waals surface area contributed by atoms with Gasteiger partial charge < -0.3 is 10.2 Å². The van der Waals surface area contributed by atoms with Gasteiger partial charge in [-0.1, -0.05) is 66.2 Å². The summed E-state index contributed by atoms with van der Waals surface area (Å²) in [7, 11) is 0. The molecule has 6 rings (SSSR count). The lowest BCUT2D eigenvalue weighted by atomic mass is 9.88. The number of para-hydroxylation sites is 2. The van der Waals surface area contributed by atoms with Gasteiger partial charge in [-0.05, 0) is 42.8 Å². The highest BCUT2D eigenvalue weighted by atomic mass is 16.2. The third-order valence-corrected chi connectivity index (χ3v) is 7.02. The van der Waals surface area contributed by atoms with Crippen molar-refractivity contribution in [2.24, 2.45) is 11.8 Å². The van der Waals surface area contributed by atoms with Crippen LogP contribution < -0.4 is 15.1 Å². The highest BCUT2D eigenvalue weighted by Gasteiger charge is 2.64. The van der Waals surface area contributed by atoms with Crippen LogP contribution in [-0.4, -0.2) is 29.8 Å². The lowest BCUT2D eigenvalue weighted by Gasteiger charge is -2.36. The molecule has 0 bridgehead atoms. The summed E-state index contributed by atoms with van der Waals surface area (Å²) in [5.74, 6) is -2.29. The number of benzene rings is 3. The first-order valence-corrected chi connectivity index (χ1v) is 11.4. The second-order valence-corrected chi connectivity index (χ2v) is 9.01. The monoisotopic (exact) mass is 449 g/mol. The van der Waals surface area contributed by atoms with E-state index < -0.39 is 17.9 Å². The molecule has 3 aromatic carbocycles. The first-order valence-electron chi connectivity index (χ1n) is 11.4. The molecule has 0 aliphatic carbocycles. The van der Waals surface area contributed by atoms with E-state index in [1.54, 1.807) is 12.1 Å². The minimum absolute atomic E-state index is 0.257. The Morgan fingerprint density at radius 2 is 1.50 bits per heavy atom. The standard InChI is InChI=1S/C28H23N3O3/c1-17-11-14-20(15-12-17)30-27(33)23-22-16-13-18-7-5-6-10-21(18)31(22)25(24(23)28(30)34)26(32)29-19-8-3-2-4-9-19/h2-16,22-25H,1H3,(H,29,32)/t22-,23+,24+,25+/m1/s1. The fourth-order valence-electron chi connectivity index (χ4n) is 5.50. The molecular weight excluding hydrogens is 426 g/mol. The molecule has 0 unspecified atom stereocenters. The Bertz CT molecular complexity index is 1330. The zero-order valence-electron chi connectivity index (χ0n) is 18.6. The summed E-state index contributed by atoms with van der Waals surface area (Å²) in [6.45, 7) is 1.96. The fourth-order valence-corrected chi connectivity index (χ4v) is 5.50. The van der Waals surface area contributed by atoms with Crippen LogP contribution in [0.1, 0.15) is 11.1 Å². The molecule has 0 aromatic heterocycles. The normalized spacial score (nSPS) is 24.6. The minimum Gasteiger partial charge on any atom is -0.351 e. The summed E-state index contributed by atoms with van der Waals surface area (Å²) in [5, 5.41) is 2.97. The molecule has 168 valence electrons. The lowest BCUT2D eigenvalue weighted by molar-refractivity contribution is -0.126. The van der Waals surface area contributed by atoms with Crippen LogP contribution in [0.15, 0.2) is 84.9 Å². The van der Waals surface area contributed by atoms with Gasteiger partial charge in [-0.2, -0.15) is 0 Å².